The predicted molar refractivity (Wildman–Crippen MR) is 391 cm³/mol. The third kappa shape index (κ3) is 10.5. The maximum Gasteiger partial charge on any atom is 0.269 e. The van der Waals surface area contributed by atoms with E-state index in [1.54, 1.807) is 0 Å². The summed E-state index contributed by atoms with van der Waals surface area (Å²) >= 11 is 0. The summed E-state index contributed by atoms with van der Waals surface area (Å²) in [5.41, 5.74) is 23.5. The molecule has 3 aromatic heterocycles. The normalized spacial score (nSPS) is 12.0. The Balaban J connectivity index is 0.910. The molecule has 0 fully saturated rings. The number of aromatic nitrogens is 4. The first-order chi connectivity index (χ1) is 46.7. The lowest BCUT2D eigenvalue weighted by Crippen LogP contribution is -2.54. The zero-order valence-corrected chi connectivity index (χ0v) is 52.9. The van der Waals surface area contributed by atoms with Crippen molar-refractivity contribution in [2.75, 3.05) is 0 Å². The predicted octanol–water partition coefficient (Wildman–Crippen LogP) is 19.9. The second kappa shape index (κ2) is 23.6. The van der Waals surface area contributed by atoms with Crippen LogP contribution in [-0.4, -0.2) is 20.8 Å². The third-order valence-electron chi connectivity index (χ3n) is 18.6. The molecule has 7 heteroatoms. The summed E-state index contributed by atoms with van der Waals surface area (Å²) in [6, 6.07) is 115. The molecule has 0 radical (unpaired) electrons. The summed E-state index contributed by atoms with van der Waals surface area (Å²) in [4.78, 5) is 5.02. The van der Waals surface area contributed by atoms with Crippen LogP contribution in [0.5, 0.6) is 23.0 Å². The van der Waals surface area contributed by atoms with E-state index in [0.29, 0.717) is 11.5 Å². The zero-order valence-electron chi connectivity index (χ0n) is 52.9. The quantitative estimate of drug-likeness (QED) is 0.0696. The number of hydrogen-bond acceptors (Lipinski definition) is 3. The van der Waals surface area contributed by atoms with Crippen molar-refractivity contribution < 1.29 is 14.0 Å². The van der Waals surface area contributed by atoms with E-state index in [9.17, 15) is 0 Å². The first-order valence-electron chi connectivity index (χ1n) is 32.5. The van der Waals surface area contributed by atoms with Gasteiger partial charge in [-0.1, -0.05) is 251 Å². The number of nitrogens with zero attached hydrogens (tertiary/aromatic N) is 4. The third-order valence-corrected chi connectivity index (χ3v) is 18.6. The zero-order chi connectivity index (χ0) is 63.6. The van der Waals surface area contributed by atoms with Crippen LogP contribution in [0.15, 0.2) is 328 Å². The van der Waals surface area contributed by atoms with Crippen LogP contribution in [0.3, 0.4) is 0 Å². The van der Waals surface area contributed by atoms with Crippen molar-refractivity contribution in [1.29, 1.82) is 0 Å². The molecule has 0 N–H and O–H groups in total. The van der Waals surface area contributed by atoms with Crippen LogP contribution in [0.25, 0.3) is 117 Å². The Kier molecular flexibility index (Phi) is 14.1. The van der Waals surface area contributed by atoms with Crippen molar-refractivity contribution in [3.05, 3.63) is 340 Å². The van der Waals surface area contributed by atoms with Crippen LogP contribution in [0.1, 0.15) is 26.3 Å². The lowest BCUT2D eigenvalue weighted by molar-refractivity contribution is -0.571. The summed E-state index contributed by atoms with van der Waals surface area (Å²) < 4.78 is 20.9. The molecular formula is C88H63BN4O2. The van der Waals surface area contributed by atoms with Gasteiger partial charge in [0.15, 0.2) is 0 Å². The monoisotopic (exact) mass is 1220 g/mol. The number of para-hydroxylation sites is 6. The number of ether oxygens (including phenoxy) is 2. The standard InChI is InChI=1S/C88H63BN4O2/c1-88(2,3)69-45-46-90-86(53-69)93-80-38-19-16-33-76(80)77-44-43-72(57-83(77)93)94-73-55-70(89-78-36-17-22-41-84(78)95-85-42-23-18-37-79(85)89)54-71(56-73)91-58-92(82-40-21-20-39-81(82)91)87-74(67-49-63(59-25-8-4-9-26-59)47-64(50-67)60-27-10-5-11-28-60)34-24-35-75(87)68-51-65(61-29-12-6-13-30-61)48-66(52-68)62-31-14-7-15-32-62/h4-57H,1-3H3. The molecule has 0 amide bonds. The van der Waals surface area contributed by atoms with Gasteiger partial charge in [-0.3, -0.25) is 13.7 Å². The Morgan fingerprint density at radius 3 is 1.46 bits per heavy atom. The summed E-state index contributed by atoms with van der Waals surface area (Å²) in [6.07, 6.45) is 6.04. The molecule has 4 heterocycles. The number of rotatable bonds is 12. The Bertz CT molecular complexity index is 5290. The number of pyridine rings is 1. The lowest BCUT2D eigenvalue weighted by atomic mass is 9.36. The number of hydrogen-bond donors (Lipinski definition) is 0. The SMILES string of the molecule is CC(C)(C)c1ccnc(-n2c3ccccc3c3ccc(Oc4cc(B5c6ccccc6Oc6ccccc65)cc(-n5[c-][n+](-c6c(-c7cc(-c8ccccc8)cc(-c8ccccc8)c7)cccc6-c6cc(-c7ccccc7)cc(-c7ccccc7)c6)c6ccccc65)c4)cc32)c1. The molecule has 0 saturated heterocycles. The highest BCUT2D eigenvalue weighted by molar-refractivity contribution is 6.97. The van der Waals surface area contributed by atoms with Crippen LogP contribution in [0.2, 0.25) is 0 Å². The molecule has 17 rings (SSSR count). The summed E-state index contributed by atoms with van der Waals surface area (Å²) in [5, 5.41) is 2.26. The molecule has 0 unspecified atom stereocenters. The Hall–Kier alpha value is -12.1. The molecule has 1 aliphatic rings. The van der Waals surface area contributed by atoms with Crippen molar-refractivity contribution in [1.82, 2.24) is 14.1 Å². The van der Waals surface area contributed by atoms with Gasteiger partial charge in [-0.25, -0.2) is 4.98 Å². The van der Waals surface area contributed by atoms with Gasteiger partial charge < -0.3 is 9.47 Å². The van der Waals surface area contributed by atoms with E-state index in [2.05, 4.69) is 350 Å². The maximum absolute atomic E-state index is 7.37. The molecule has 6 nitrogen and oxygen atoms in total. The van der Waals surface area contributed by atoms with Gasteiger partial charge >= 0.3 is 0 Å². The number of benzene rings is 13. The first-order valence-corrected chi connectivity index (χ1v) is 32.5. The molecule has 1 aliphatic heterocycles. The second-order valence-corrected chi connectivity index (χ2v) is 25.7. The van der Waals surface area contributed by atoms with Gasteiger partial charge in [0.1, 0.15) is 28.8 Å². The fourth-order valence-corrected chi connectivity index (χ4v) is 14.1. The summed E-state index contributed by atoms with van der Waals surface area (Å²) in [5.74, 6) is 3.87. The van der Waals surface area contributed by atoms with Crippen LogP contribution >= 0.6 is 0 Å². The average molecular weight is 1220 g/mol. The highest BCUT2D eigenvalue weighted by Crippen LogP contribution is 2.43. The average Bonchev–Trinajstić information content (AvgIpc) is 1.70. The van der Waals surface area contributed by atoms with Crippen molar-refractivity contribution in [3.8, 4) is 107 Å². The van der Waals surface area contributed by atoms with E-state index in [1.807, 2.05) is 18.3 Å². The molecule has 95 heavy (non-hydrogen) atoms. The minimum atomic E-state index is -0.211. The fourth-order valence-electron chi connectivity index (χ4n) is 14.1. The molecule has 0 atom stereocenters. The lowest BCUT2D eigenvalue weighted by Gasteiger charge is -2.27. The van der Waals surface area contributed by atoms with E-state index < -0.39 is 0 Å². The minimum Gasteiger partial charge on any atom is -0.458 e. The van der Waals surface area contributed by atoms with Crippen LogP contribution in [-0.2, 0) is 5.41 Å². The van der Waals surface area contributed by atoms with Crippen LogP contribution < -0.4 is 30.4 Å². The largest absolute Gasteiger partial charge is 0.458 e. The van der Waals surface area contributed by atoms with Crippen molar-refractivity contribution in [2.45, 2.75) is 26.2 Å². The van der Waals surface area contributed by atoms with Gasteiger partial charge in [0.2, 0.25) is 0 Å². The fraction of sp³-hybridized carbons (Fsp3) is 0.0455. The minimum absolute atomic E-state index is 0.0749. The Morgan fingerprint density at radius 1 is 0.400 bits per heavy atom. The van der Waals surface area contributed by atoms with E-state index in [1.165, 1.54) is 5.56 Å². The highest BCUT2D eigenvalue weighted by atomic mass is 16.5. The van der Waals surface area contributed by atoms with Gasteiger partial charge in [0, 0.05) is 23.0 Å². The molecule has 0 bridgehead atoms. The second-order valence-electron chi connectivity index (χ2n) is 25.7. The van der Waals surface area contributed by atoms with Gasteiger partial charge in [-0.15, -0.1) is 0 Å². The molecule has 0 spiro atoms. The molecule has 0 saturated carbocycles. The number of fused-ring (bicyclic) bond motifs is 6. The van der Waals surface area contributed by atoms with Gasteiger partial charge in [-0.2, -0.15) is 0 Å². The van der Waals surface area contributed by atoms with E-state index >= 15 is 0 Å². The van der Waals surface area contributed by atoms with Gasteiger partial charge in [0.05, 0.1) is 33.4 Å². The van der Waals surface area contributed by atoms with Gasteiger partial charge in [-0.05, 0) is 180 Å². The summed E-state index contributed by atoms with van der Waals surface area (Å²) in [6.45, 7) is 6.52. The Morgan fingerprint density at radius 2 is 0.895 bits per heavy atom. The van der Waals surface area contributed by atoms with E-state index in [0.717, 1.165) is 145 Å². The molecule has 16 aromatic rings. The summed E-state index contributed by atoms with van der Waals surface area (Å²) in [7, 11) is 0. The van der Waals surface area contributed by atoms with Crippen molar-refractivity contribution in [3.63, 3.8) is 0 Å². The van der Waals surface area contributed by atoms with Crippen LogP contribution in [0, 0.1) is 6.33 Å². The smallest absolute Gasteiger partial charge is 0.269 e. The van der Waals surface area contributed by atoms with E-state index in [4.69, 9.17) is 14.5 Å². The van der Waals surface area contributed by atoms with Gasteiger partial charge in [0.25, 0.3) is 13.0 Å². The molecule has 13 aromatic carbocycles. The number of imidazole rings is 1. The van der Waals surface area contributed by atoms with E-state index in [-0.39, 0.29) is 12.1 Å². The Labute approximate surface area is 553 Å². The molecule has 450 valence electrons. The first kappa shape index (κ1) is 56.9. The maximum atomic E-state index is 7.37. The molecular weight excluding hydrogens is 1160 g/mol. The highest BCUT2D eigenvalue weighted by Gasteiger charge is 2.33. The molecule has 0 aliphatic carbocycles. The van der Waals surface area contributed by atoms with Crippen LogP contribution in [0.4, 0.5) is 0 Å². The van der Waals surface area contributed by atoms with Crippen molar-refractivity contribution in [2.24, 2.45) is 0 Å². The topological polar surface area (TPSA) is 45.1 Å². The van der Waals surface area contributed by atoms with Crippen molar-refractivity contribution >= 4 is 55.9 Å².